The van der Waals surface area contributed by atoms with E-state index in [1.807, 2.05) is 0 Å². The van der Waals surface area contributed by atoms with Crippen LogP contribution in [0.4, 0.5) is 10.1 Å². The number of nitrogens with one attached hydrogen (secondary N) is 1. The van der Waals surface area contributed by atoms with Gasteiger partial charge in [0.2, 0.25) is 0 Å². The molecule has 2 N–H and O–H groups in total. The highest BCUT2D eigenvalue weighted by molar-refractivity contribution is 5.42. The van der Waals surface area contributed by atoms with E-state index in [0.717, 1.165) is 32.0 Å². The van der Waals surface area contributed by atoms with E-state index in [4.69, 9.17) is 4.74 Å². The van der Waals surface area contributed by atoms with Crippen molar-refractivity contribution >= 4 is 5.69 Å². The van der Waals surface area contributed by atoms with Gasteiger partial charge < -0.3 is 15.2 Å². The maximum atomic E-state index is 12.7. The van der Waals surface area contributed by atoms with E-state index >= 15 is 0 Å². The molecule has 1 fully saturated rings. The number of hydrogen-bond acceptors (Lipinski definition) is 4. The zero-order valence-corrected chi connectivity index (χ0v) is 10.3. The van der Waals surface area contributed by atoms with Crippen LogP contribution in [-0.2, 0) is 4.74 Å². The van der Waals surface area contributed by atoms with Crippen LogP contribution in [0, 0.1) is 5.82 Å². The molecule has 4 nitrogen and oxygen atoms in total. The van der Waals surface area contributed by atoms with E-state index in [1.165, 1.54) is 12.1 Å². The van der Waals surface area contributed by atoms with Gasteiger partial charge in [-0.3, -0.25) is 4.90 Å². The van der Waals surface area contributed by atoms with Crippen molar-refractivity contribution in [2.75, 3.05) is 44.7 Å². The number of morpholine rings is 1. The Bertz CT molecular complexity index is 353. The molecule has 0 saturated carbocycles. The second kappa shape index (κ2) is 6.68. The first-order valence-corrected chi connectivity index (χ1v) is 6.21. The average molecular weight is 254 g/mol. The molecule has 100 valence electrons. The predicted octanol–water partition coefficient (Wildman–Crippen LogP) is 0.931. The summed E-state index contributed by atoms with van der Waals surface area (Å²) in [5, 5.41) is 13.0. The smallest absolute Gasteiger partial charge is 0.123 e. The molecule has 1 aliphatic rings. The lowest BCUT2D eigenvalue weighted by molar-refractivity contribution is 0.0171. The number of nitrogens with zero attached hydrogens (tertiary/aromatic N) is 1. The highest BCUT2D eigenvalue weighted by atomic mass is 19.1. The molecule has 1 aromatic carbocycles. The van der Waals surface area contributed by atoms with E-state index in [1.54, 1.807) is 12.1 Å². The zero-order chi connectivity index (χ0) is 12.8. The largest absolute Gasteiger partial charge is 0.390 e. The van der Waals surface area contributed by atoms with Crippen LogP contribution in [0.25, 0.3) is 0 Å². The standard InChI is InChI=1S/C13H19FN2O2/c14-11-1-3-12(4-2-11)15-9-13(17)10-16-5-7-18-8-6-16/h1-4,13,15,17H,5-10H2. The maximum Gasteiger partial charge on any atom is 0.123 e. The normalized spacial score (nSPS) is 18.6. The first-order chi connectivity index (χ1) is 8.74. The molecular weight excluding hydrogens is 235 g/mol. The second-order valence-corrected chi connectivity index (χ2v) is 4.45. The maximum absolute atomic E-state index is 12.7. The van der Waals surface area contributed by atoms with Gasteiger partial charge in [0.05, 0.1) is 19.3 Å². The lowest BCUT2D eigenvalue weighted by Crippen LogP contribution is -2.42. The van der Waals surface area contributed by atoms with Crippen molar-refractivity contribution in [1.29, 1.82) is 0 Å². The zero-order valence-electron chi connectivity index (χ0n) is 10.3. The van der Waals surface area contributed by atoms with Gasteiger partial charge in [-0.15, -0.1) is 0 Å². The molecule has 1 aromatic rings. The molecule has 1 heterocycles. The van der Waals surface area contributed by atoms with E-state index in [2.05, 4.69) is 10.2 Å². The molecule has 0 bridgehead atoms. The van der Waals surface area contributed by atoms with Gasteiger partial charge >= 0.3 is 0 Å². The van der Waals surface area contributed by atoms with Gasteiger partial charge in [0.25, 0.3) is 0 Å². The number of anilines is 1. The number of rotatable bonds is 5. The summed E-state index contributed by atoms with van der Waals surface area (Å²) in [4.78, 5) is 2.18. The summed E-state index contributed by atoms with van der Waals surface area (Å²) in [6, 6.07) is 6.13. The van der Waals surface area contributed by atoms with E-state index in [9.17, 15) is 9.50 Å². The van der Waals surface area contributed by atoms with Crippen molar-refractivity contribution in [3.8, 4) is 0 Å². The molecule has 1 saturated heterocycles. The van der Waals surface area contributed by atoms with Crippen molar-refractivity contribution in [2.24, 2.45) is 0 Å². The van der Waals surface area contributed by atoms with E-state index in [-0.39, 0.29) is 5.82 Å². The Morgan fingerprint density at radius 2 is 1.94 bits per heavy atom. The first kappa shape index (κ1) is 13.3. The molecule has 1 unspecified atom stereocenters. The van der Waals surface area contributed by atoms with Gasteiger partial charge in [-0.1, -0.05) is 0 Å². The van der Waals surface area contributed by atoms with Gasteiger partial charge in [0.1, 0.15) is 5.82 Å². The van der Waals surface area contributed by atoms with Crippen LogP contribution >= 0.6 is 0 Å². The summed E-state index contributed by atoms with van der Waals surface area (Å²) in [5.74, 6) is -0.255. The molecule has 2 rings (SSSR count). The van der Waals surface area contributed by atoms with Crippen LogP contribution in [0.1, 0.15) is 0 Å². The Morgan fingerprint density at radius 1 is 1.28 bits per heavy atom. The Hall–Kier alpha value is -1.17. The van der Waals surface area contributed by atoms with Gasteiger partial charge in [-0.2, -0.15) is 0 Å². The van der Waals surface area contributed by atoms with Gasteiger partial charge in [-0.25, -0.2) is 4.39 Å². The third kappa shape index (κ3) is 4.25. The fourth-order valence-corrected chi connectivity index (χ4v) is 1.95. The molecule has 1 atom stereocenters. The summed E-state index contributed by atoms with van der Waals surface area (Å²) in [5.41, 5.74) is 0.817. The molecular formula is C13H19FN2O2. The summed E-state index contributed by atoms with van der Waals surface area (Å²) < 4.78 is 17.9. The topological polar surface area (TPSA) is 44.7 Å². The molecule has 1 aliphatic heterocycles. The van der Waals surface area contributed by atoms with Gasteiger partial charge in [-0.05, 0) is 24.3 Å². The van der Waals surface area contributed by atoms with Gasteiger partial charge in [0, 0.05) is 31.9 Å². The van der Waals surface area contributed by atoms with Crippen LogP contribution in [0.3, 0.4) is 0 Å². The molecule has 18 heavy (non-hydrogen) atoms. The fourth-order valence-electron chi connectivity index (χ4n) is 1.95. The highest BCUT2D eigenvalue weighted by Crippen LogP contribution is 2.08. The number of aliphatic hydroxyl groups excluding tert-OH is 1. The van der Waals surface area contributed by atoms with Crippen molar-refractivity contribution < 1.29 is 14.2 Å². The summed E-state index contributed by atoms with van der Waals surface area (Å²) in [6.45, 7) is 4.30. The molecule has 0 aliphatic carbocycles. The minimum absolute atomic E-state index is 0.255. The van der Waals surface area contributed by atoms with E-state index in [0.29, 0.717) is 13.1 Å². The summed E-state index contributed by atoms with van der Waals surface area (Å²) in [7, 11) is 0. The van der Waals surface area contributed by atoms with Crippen molar-refractivity contribution in [3.63, 3.8) is 0 Å². The fraction of sp³-hybridized carbons (Fsp3) is 0.538. The Labute approximate surface area is 106 Å². The third-order valence-electron chi connectivity index (χ3n) is 2.96. The SMILES string of the molecule is OC(CNc1ccc(F)cc1)CN1CCOCC1. The monoisotopic (exact) mass is 254 g/mol. The average Bonchev–Trinajstić information content (AvgIpc) is 2.39. The van der Waals surface area contributed by atoms with Crippen LogP contribution in [0.15, 0.2) is 24.3 Å². The number of benzene rings is 1. The van der Waals surface area contributed by atoms with E-state index < -0.39 is 6.10 Å². The number of aliphatic hydroxyl groups is 1. The molecule has 5 heteroatoms. The number of hydrogen-bond donors (Lipinski definition) is 2. The van der Waals surface area contributed by atoms with Crippen LogP contribution in [0.2, 0.25) is 0 Å². The molecule has 0 aromatic heterocycles. The Morgan fingerprint density at radius 3 is 2.61 bits per heavy atom. The first-order valence-electron chi connectivity index (χ1n) is 6.21. The quantitative estimate of drug-likeness (QED) is 0.820. The number of ether oxygens (including phenoxy) is 1. The second-order valence-electron chi connectivity index (χ2n) is 4.45. The van der Waals surface area contributed by atoms with Crippen molar-refractivity contribution in [1.82, 2.24) is 4.90 Å². The lowest BCUT2D eigenvalue weighted by atomic mass is 10.2. The van der Waals surface area contributed by atoms with Crippen LogP contribution in [-0.4, -0.2) is 55.5 Å². The molecule has 0 spiro atoms. The lowest BCUT2D eigenvalue weighted by Gasteiger charge is -2.28. The minimum Gasteiger partial charge on any atom is -0.390 e. The molecule has 0 radical (unpaired) electrons. The van der Waals surface area contributed by atoms with Crippen molar-refractivity contribution in [3.05, 3.63) is 30.1 Å². The van der Waals surface area contributed by atoms with Gasteiger partial charge in [0.15, 0.2) is 0 Å². The predicted molar refractivity (Wildman–Crippen MR) is 68.2 cm³/mol. The molecule has 0 amide bonds. The Kier molecular flexibility index (Phi) is 4.92. The Balaban J connectivity index is 1.70. The number of β-amino-alcohol motifs (C(OH)–C–C–N with tert-alkyl or cyclic N) is 1. The van der Waals surface area contributed by atoms with Crippen molar-refractivity contribution in [2.45, 2.75) is 6.10 Å². The van der Waals surface area contributed by atoms with Crippen LogP contribution < -0.4 is 5.32 Å². The summed E-state index contributed by atoms with van der Waals surface area (Å²) in [6.07, 6.45) is -0.437. The minimum atomic E-state index is -0.437. The number of halogens is 1. The summed E-state index contributed by atoms with van der Waals surface area (Å²) >= 11 is 0. The third-order valence-corrected chi connectivity index (χ3v) is 2.96. The van der Waals surface area contributed by atoms with Crippen LogP contribution in [0.5, 0.6) is 0 Å². The highest BCUT2D eigenvalue weighted by Gasteiger charge is 2.14.